The summed E-state index contributed by atoms with van der Waals surface area (Å²) in [6, 6.07) is 7.93. The van der Waals surface area contributed by atoms with Gasteiger partial charge in [-0.15, -0.1) is 0 Å². The van der Waals surface area contributed by atoms with Crippen molar-refractivity contribution >= 4 is 11.8 Å². The summed E-state index contributed by atoms with van der Waals surface area (Å²) in [5, 5.41) is 3.13. The lowest BCUT2D eigenvalue weighted by molar-refractivity contribution is -0.140. The molecule has 0 bridgehead atoms. The third-order valence-electron chi connectivity index (χ3n) is 5.89. The second-order valence-corrected chi connectivity index (χ2v) is 9.54. The number of nitrogens with zero attached hydrogens (tertiary/aromatic N) is 2. The third kappa shape index (κ3) is 5.72. The highest BCUT2D eigenvalue weighted by molar-refractivity contribution is 5.81. The smallest absolute Gasteiger partial charge is 0.229 e. The third-order valence-corrected chi connectivity index (χ3v) is 5.89. The number of likely N-dealkylation sites (tertiary alicyclic amines) is 1. The number of hydrogen-bond donors (Lipinski definition) is 1. The minimum absolute atomic E-state index is 0.00228. The molecule has 1 atom stereocenters. The van der Waals surface area contributed by atoms with Crippen LogP contribution in [0.3, 0.4) is 0 Å². The molecule has 29 heavy (non-hydrogen) atoms. The lowest BCUT2D eigenvalue weighted by Gasteiger charge is -2.35. The van der Waals surface area contributed by atoms with Gasteiger partial charge < -0.3 is 19.9 Å². The molecule has 0 aromatic heterocycles. The van der Waals surface area contributed by atoms with E-state index in [1.54, 1.807) is 0 Å². The molecule has 1 N–H and O–H groups in total. The minimum Gasteiger partial charge on any atom is -0.492 e. The fourth-order valence-corrected chi connectivity index (χ4v) is 4.49. The predicted molar refractivity (Wildman–Crippen MR) is 114 cm³/mol. The van der Waals surface area contributed by atoms with Crippen LogP contribution in [-0.2, 0) is 16.0 Å². The molecule has 160 valence electrons. The Bertz CT molecular complexity index is 724. The summed E-state index contributed by atoms with van der Waals surface area (Å²) in [6.45, 7) is 7.66. The van der Waals surface area contributed by atoms with Crippen LogP contribution in [0.2, 0.25) is 0 Å². The van der Waals surface area contributed by atoms with Crippen molar-refractivity contribution in [3.63, 3.8) is 0 Å². The second-order valence-electron chi connectivity index (χ2n) is 9.54. The van der Waals surface area contributed by atoms with E-state index >= 15 is 0 Å². The maximum Gasteiger partial charge on any atom is 0.229 e. The summed E-state index contributed by atoms with van der Waals surface area (Å²) >= 11 is 0. The van der Waals surface area contributed by atoms with E-state index in [1.807, 2.05) is 43.3 Å². The first-order valence-corrected chi connectivity index (χ1v) is 10.7. The fraction of sp³-hybridized carbons (Fsp3) is 0.652. The zero-order valence-electron chi connectivity index (χ0n) is 18.2. The molecule has 2 aliphatic rings. The molecule has 1 aromatic rings. The van der Waals surface area contributed by atoms with E-state index in [1.165, 1.54) is 0 Å². The van der Waals surface area contributed by atoms with Crippen molar-refractivity contribution < 1.29 is 14.3 Å². The van der Waals surface area contributed by atoms with Crippen molar-refractivity contribution in [1.29, 1.82) is 0 Å². The molecular formula is C23H35N3O3. The van der Waals surface area contributed by atoms with Gasteiger partial charge in [0.15, 0.2) is 0 Å². The van der Waals surface area contributed by atoms with Crippen molar-refractivity contribution in [2.24, 2.45) is 17.3 Å². The van der Waals surface area contributed by atoms with Gasteiger partial charge in [0, 0.05) is 32.1 Å². The van der Waals surface area contributed by atoms with Crippen molar-refractivity contribution in [3.8, 4) is 5.75 Å². The average Bonchev–Trinajstić information content (AvgIpc) is 2.70. The molecule has 6 heteroatoms. The number of carbonyl (C=O) groups is 2. The molecule has 2 aliphatic heterocycles. The van der Waals surface area contributed by atoms with Gasteiger partial charge in [-0.1, -0.05) is 32.0 Å². The lowest BCUT2D eigenvalue weighted by atomic mass is 9.90. The summed E-state index contributed by atoms with van der Waals surface area (Å²) in [6.07, 6.45) is 2.20. The van der Waals surface area contributed by atoms with E-state index in [2.05, 4.69) is 24.1 Å². The first-order chi connectivity index (χ1) is 13.7. The van der Waals surface area contributed by atoms with Gasteiger partial charge in [0.1, 0.15) is 12.4 Å². The number of carbonyl (C=O) groups excluding carboxylic acids is 2. The van der Waals surface area contributed by atoms with Crippen molar-refractivity contribution in [3.05, 3.63) is 29.8 Å². The fourth-order valence-electron chi connectivity index (χ4n) is 4.49. The number of hydrogen-bond acceptors (Lipinski definition) is 4. The normalized spacial score (nSPS) is 20.2. The van der Waals surface area contributed by atoms with E-state index in [9.17, 15) is 9.59 Å². The zero-order valence-corrected chi connectivity index (χ0v) is 18.2. The summed E-state index contributed by atoms with van der Waals surface area (Å²) in [4.78, 5) is 29.6. The average molecular weight is 402 g/mol. The van der Waals surface area contributed by atoms with Crippen molar-refractivity contribution in [2.45, 2.75) is 33.1 Å². The highest BCUT2D eigenvalue weighted by Gasteiger charge is 2.33. The van der Waals surface area contributed by atoms with Gasteiger partial charge in [-0.3, -0.25) is 9.59 Å². The van der Waals surface area contributed by atoms with Gasteiger partial charge in [-0.2, -0.15) is 0 Å². The molecule has 3 rings (SSSR count). The van der Waals surface area contributed by atoms with E-state index < -0.39 is 0 Å². The van der Waals surface area contributed by atoms with E-state index in [0.717, 1.165) is 37.1 Å². The number of amides is 2. The van der Waals surface area contributed by atoms with E-state index in [-0.39, 0.29) is 29.1 Å². The Balaban J connectivity index is 1.45. The van der Waals surface area contributed by atoms with Gasteiger partial charge in [0.2, 0.25) is 11.8 Å². The van der Waals surface area contributed by atoms with Crippen molar-refractivity contribution in [1.82, 2.24) is 15.1 Å². The highest BCUT2D eigenvalue weighted by atomic mass is 16.5. The largest absolute Gasteiger partial charge is 0.492 e. The minimum atomic E-state index is -0.123. The molecule has 1 saturated heterocycles. The van der Waals surface area contributed by atoms with Gasteiger partial charge in [-0.05, 0) is 50.4 Å². The standard InChI is InChI=1S/C23H35N3O3/c1-23(2,16-25(3)4)15-24-21(27)17-9-11-26(12-10-17)22(28)19-13-18-7-5-6-8-20(18)29-14-19/h5-8,17,19H,9-16H2,1-4H3,(H,24,27). The topological polar surface area (TPSA) is 61.9 Å². The maximum atomic E-state index is 12.9. The number of para-hydroxylation sites is 1. The van der Waals surface area contributed by atoms with Gasteiger partial charge in [0.05, 0.1) is 5.92 Å². The Labute approximate surface area is 174 Å². The van der Waals surface area contributed by atoms with Crippen LogP contribution < -0.4 is 10.1 Å². The van der Waals surface area contributed by atoms with Crippen LogP contribution >= 0.6 is 0 Å². The molecule has 1 fully saturated rings. The first-order valence-electron chi connectivity index (χ1n) is 10.7. The molecule has 1 aromatic carbocycles. The van der Waals surface area contributed by atoms with Crippen LogP contribution in [0.25, 0.3) is 0 Å². The Morgan fingerprint density at radius 2 is 1.86 bits per heavy atom. The summed E-state index contributed by atoms with van der Waals surface area (Å²) in [5.41, 5.74) is 1.14. The lowest BCUT2D eigenvalue weighted by Crippen LogP contribution is -2.48. The molecular weight excluding hydrogens is 366 g/mol. The van der Waals surface area contributed by atoms with Crippen LogP contribution in [0.4, 0.5) is 0 Å². The van der Waals surface area contributed by atoms with Crippen LogP contribution in [0.5, 0.6) is 5.75 Å². The van der Waals surface area contributed by atoms with Crippen molar-refractivity contribution in [2.75, 3.05) is 46.9 Å². The molecule has 0 saturated carbocycles. The molecule has 2 heterocycles. The Kier molecular flexibility index (Phi) is 6.83. The maximum absolute atomic E-state index is 12.9. The monoisotopic (exact) mass is 401 g/mol. The van der Waals surface area contributed by atoms with E-state index in [0.29, 0.717) is 26.2 Å². The summed E-state index contributed by atoms with van der Waals surface area (Å²) in [7, 11) is 4.10. The quantitative estimate of drug-likeness (QED) is 0.794. The van der Waals surface area contributed by atoms with Gasteiger partial charge in [-0.25, -0.2) is 0 Å². The van der Waals surface area contributed by atoms with Gasteiger partial charge >= 0.3 is 0 Å². The van der Waals surface area contributed by atoms with Crippen LogP contribution in [-0.4, -0.2) is 68.5 Å². The Morgan fingerprint density at radius 1 is 1.17 bits per heavy atom. The summed E-state index contributed by atoms with van der Waals surface area (Å²) in [5.74, 6) is 1.05. The first kappa shape index (κ1) is 21.6. The highest BCUT2D eigenvalue weighted by Crippen LogP contribution is 2.29. The number of fused-ring (bicyclic) bond motifs is 1. The number of nitrogens with one attached hydrogen (secondary N) is 1. The van der Waals surface area contributed by atoms with E-state index in [4.69, 9.17) is 4.74 Å². The number of ether oxygens (including phenoxy) is 1. The van der Waals surface area contributed by atoms with Crippen LogP contribution in [0, 0.1) is 17.3 Å². The van der Waals surface area contributed by atoms with Crippen LogP contribution in [0.1, 0.15) is 32.3 Å². The predicted octanol–water partition coefficient (Wildman–Crippen LogP) is 2.18. The molecule has 0 spiro atoms. The second kappa shape index (κ2) is 9.16. The molecule has 6 nitrogen and oxygen atoms in total. The van der Waals surface area contributed by atoms with Gasteiger partial charge in [0.25, 0.3) is 0 Å². The Morgan fingerprint density at radius 3 is 2.55 bits per heavy atom. The molecule has 0 aliphatic carbocycles. The Hall–Kier alpha value is -2.08. The van der Waals surface area contributed by atoms with Crippen LogP contribution in [0.15, 0.2) is 24.3 Å². The SMILES string of the molecule is CN(C)CC(C)(C)CNC(=O)C1CCN(C(=O)C2COc3ccccc3C2)CC1. The number of piperidine rings is 1. The molecule has 0 radical (unpaired) electrons. The summed E-state index contributed by atoms with van der Waals surface area (Å²) < 4.78 is 5.78. The number of rotatable bonds is 6. The zero-order chi connectivity index (χ0) is 21.0. The molecule has 1 unspecified atom stereocenters. The molecule has 2 amide bonds. The number of benzene rings is 1.